The molecule has 6 heteroatoms. The summed E-state index contributed by atoms with van der Waals surface area (Å²) < 4.78 is 5.43. The number of aliphatic imine (C=N–C) groups is 1. The Morgan fingerprint density at radius 3 is 2.93 bits per heavy atom. The van der Waals surface area contributed by atoms with Gasteiger partial charge in [0.2, 0.25) is 0 Å². The van der Waals surface area contributed by atoms with E-state index in [4.69, 9.17) is 9.73 Å². The molecular weight excluding hydrogens is 368 g/mol. The van der Waals surface area contributed by atoms with Gasteiger partial charge in [0.15, 0.2) is 5.96 Å². The Morgan fingerprint density at radius 1 is 1.25 bits per heavy atom. The number of nitrogens with one attached hydrogen (secondary N) is 2. The Bertz CT molecular complexity index is 732. The van der Waals surface area contributed by atoms with E-state index in [1.165, 1.54) is 24.3 Å². The van der Waals surface area contributed by atoms with Crippen LogP contribution in [-0.4, -0.2) is 44.1 Å². The van der Waals surface area contributed by atoms with E-state index in [0.29, 0.717) is 12.5 Å². The molecular formula is C22H32N4OS. The second kappa shape index (κ2) is 11.1. The monoisotopic (exact) mass is 400 g/mol. The van der Waals surface area contributed by atoms with Crippen LogP contribution >= 0.6 is 11.3 Å². The minimum Gasteiger partial charge on any atom is -0.496 e. The lowest BCUT2D eigenvalue weighted by molar-refractivity contribution is 0.169. The third-order valence-electron chi connectivity index (χ3n) is 5.07. The fraction of sp³-hybridized carbons (Fsp3) is 0.500. The Labute approximate surface area is 172 Å². The van der Waals surface area contributed by atoms with Crippen molar-refractivity contribution in [3.8, 4) is 5.75 Å². The van der Waals surface area contributed by atoms with Gasteiger partial charge in [0, 0.05) is 36.6 Å². The van der Waals surface area contributed by atoms with Crippen LogP contribution in [0, 0.1) is 5.92 Å². The van der Waals surface area contributed by atoms with E-state index < -0.39 is 0 Å². The Kier molecular flexibility index (Phi) is 8.18. The molecule has 1 unspecified atom stereocenters. The highest BCUT2D eigenvalue weighted by Gasteiger charge is 2.20. The molecule has 1 aromatic carbocycles. The first-order valence-electron chi connectivity index (χ1n) is 10.2. The van der Waals surface area contributed by atoms with Gasteiger partial charge in [-0.15, -0.1) is 11.3 Å². The fourth-order valence-corrected chi connectivity index (χ4v) is 4.41. The van der Waals surface area contributed by atoms with Crippen LogP contribution in [0.3, 0.4) is 0 Å². The van der Waals surface area contributed by atoms with Gasteiger partial charge in [-0.3, -0.25) is 4.90 Å². The summed E-state index contributed by atoms with van der Waals surface area (Å²) in [5.41, 5.74) is 1.10. The predicted octanol–water partition coefficient (Wildman–Crippen LogP) is 3.72. The molecule has 28 heavy (non-hydrogen) atoms. The highest BCUT2D eigenvalue weighted by atomic mass is 32.1. The van der Waals surface area contributed by atoms with E-state index in [-0.39, 0.29) is 0 Å². The summed E-state index contributed by atoms with van der Waals surface area (Å²) in [4.78, 5) is 8.80. The van der Waals surface area contributed by atoms with Crippen molar-refractivity contribution in [1.82, 2.24) is 15.5 Å². The Morgan fingerprint density at radius 2 is 2.14 bits per heavy atom. The van der Waals surface area contributed by atoms with Crippen LogP contribution in [0.15, 0.2) is 46.8 Å². The van der Waals surface area contributed by atoms with Gasteiger partial charge in [-0.1, -0.05) is 24.3 Å². The van der Waals surface area contributed by atoms with Gasteiger partial charge in [0.25, 0.3) is 0 Å². The number of piperidine rings is 1. The number of hydrogen-bond donors (Lipinski definition) is 2. The molecule has 0 radical (unpaired) electrons. The summed E-state index contributed by atoms with van der Waals surface area (Å²) in [6, 6.07) is 12.4. The van der Waals surface area contributed by atoms with Gasteiger partial charge in [-0.2, -0.15) is 0 Å². The van der Waals surface area contributed by atoms with E-state index in [1.807, 2.05) is 29.5 Å². The zero-order chi connectivity index (χ0) is 19.6. The maximum atomic E-state index is 5.43. The number of guanidine groups is 1. The zero-order valence-electron chi connectivity index (χ0n) is 17.0. The molecule has 2 heterocycles. The molecule has 0 spiro atoms. The van der Waals surface area contributed by atoms with Gasteiger partial charge in [-0.25, -0.2) is 4.99 Å². The van der Waals surface area contributed by atoms with Crippen molar-refractivity contribution in [3.63, 3.8) is 0 Å². The molecule has 0 amide bonds. The summed E-state index contributed by atoms with van der Waals surface area (Å²) in [5, 5.41) is 9.08. The average molecular weight is 401 g/mol. The van der Waals surface area contributed by atoms with Crippen molar-refractivity contribution in [3.05, 3.63) is 52.2 Å². The summed E-state index contributed by atoms with van der Waals surface area (Å²) >= 11 is 1.85. The fourth-order valence-electron chi connectivity index (χ4n) is 3.67. The van der Waals surface area contributed by atoms with Gasteiger partial charge in [-0.05, 0) is 49.7 Å². The maximum absolute atomic E-state index is 5.43. The number of hydrogen-bond acceptors (Lipinski definition) is 4. The number of para-hydroxylation sites is 1. The number of benzene rings is 1. The molecule has 2 aromatic rings. The molecule has 1 fully saturated rings. The lowest BCUT2D eigenvalue weighted by atomic mass is 9.98. The topological polar surface area (TPSA) is 48.9 Å². The first-order chi connectivity index (χ1) is 13.8. The van der Waals surface area contributed by atoms with Crippen LogP contribution in [0.25, 0.3) is 0 Å². The van der Waals surface area contributed by atoms with Crippen molar-refractivity contribution in [1.29, 1.82) is 0 Å². The van der Waals surface area contributed by atoms with Crippen LogP contribution in [0.5, 0.6) is 5.75 Å². The van der Waals surface area contributed by atoms with Gasteiger partial charge in [0.05, 0.1) is 13.7 Å². The van der Waals surface area contributed by atoms with E-state index >= 15 is 0 Å². The highest BCUT2D eigenvalue weighted by molar-refractivity contribution is 7.09. The quantitative estimate of drug-likeness (QED) is 0.524. The molecule has 5 nitrogen and oxygen atoms in total. The number of ether oxygens (including phenoxy) is 1. The van der Waals surface area contributed by atoms with Crippen molar-refractivity contribution >= 4 is 17.3 Å². The summed E-state index contributed by atoms with van der Waals surface area (Å²) in [6.45, 7) is 7.95. The van der Waals surface area contributed by atoms with E-state index in [2.05, 4.69) is 46.0 Å². The lowest BCUT2D eigenvalue weighted by Gasteiger charge is -2.32. The number of likely N-dealkylation sites (tertiary alicyclic amines) is 1. The Hall–Kier alpha value is -2.05. The van der Waals surface area contributed by atoms with Crippen molar-refractivity contribution in [2.24, 2.45) is 10.9 Å². The van der Waals surface area contributed by atoms with Crippen molar-refractivity contribution in [2.75, 3.05) is 33.3 Å². The van der Waals surface area contributed by atoms with E-state index in [9.17, 15) is 0 Å². The Balaban J connectivity index is 1.52. The van der Waals surface area contributed by atoms with Crippen LogP contribution in [0.2, 0.25) is 0 Å². The maximum Gasteiger partial charge on any atom is 0.191 e. The first kappa shape index (κ1) is 20.7. The van der Waals surface area contributed by atoms with E-state index in [1.54, 1.807) is 7.11 Å². The van der Waals surface area contributed by atoms with Crippen LogP contribution < -0.4 is 15.4 Å². The highest BCUT2D eigenvalue weighted by Crippen LogP contribution is 2.20. The minimum absolute atomic E-state index is 0.606. The predicted molar refractivity (Wildman–Crippen MR) is 118 cm³/mol. The molecule has 2 N–H and O–H groups in total. The molecule has 3 rings (SSSR count). The number of methoxy groups -OCH3 is 1. The SMILES string of the molecule is CCNC(=NCc1ccccc1OC)NCC1CCCN(Cc2cccs2)C1. The van der Waals surface area contributed by atoms with Crippen LogP contribution in [0.1, 0.15) is 30.2 Å². The third kappa shape index (κ3) is 6.24. The molecule has 1 aliphatic rings. The molecule has 1 aromatic heterocycles. The van der Waals surface area contributed by atoms with Crippen LogP contribution in [-0.2, 0) is 13.1 Å². The molecule has 152 valence electrons. The standard InChI is InChI=1S/C22H32N4OS/c1-3-23-22(25-15-19-9-4-5-11-21(19)27-2)24-14-18-8-6-12-26(16-18)17-20-10-7-13-28-20/h4-5,7,9-11,13,18H,3,6,8,12,14-17H2,1-2H3,(H2,23,24,25). The minimum atomic E-state index is 0.606. The normalized spacial score (nSPS) is 18.1. The molecule has 1 atom stereocenters. The van der Waals surface area contributed by atoms with Gasteiger partial charge in [0.1, 0.15) is 5.75 Å². The smallest absolute Gasteiger partial charge is 0.191 e. The number of thiophene rings is 1. The summed E-state index contributed by atoms with van der Waals surface area (Å²) in [5.74, 6) is 2.42. The number of nitrogens with zero attached hydrogens (tertiary/aromatic N) is 2. The second-order valence-electron chi connectivity index (χ2n) is 7.21. The summed E-state index contributed by atoms with van der Waals surface area (Å²) in [7, 11) is 1.71. The molecule has 0 saturated carbocycles. The van der Waals surface area contributed by atoms with Crippen molar-refractivity contribution < 1.29 is 4.74 Å². The van der Waals surface area contributed by atoms with Crippen LogP contribution in [0.4, 0.5) is 0 Å². The zero-order valence-corrected chi connectivity index (χ0v) is 17.8. The summed E-state index contributed by atoms with van der Waals surface area (Å²) in [6.07, 6.45) is 2.55. The third-order valence-corrected chi connectivity index (χ3v) is 5.93. The lowest BCUT2D eigenvalue weighted by Crippen LogP contribution is -2.44. The average Bonchev–Trinajstić information content (AvgIpc) is 3.23. The number of rotatable bonds is 8. The molecule has 0 bridgehead atoms. The van der Waals surface area contributed by atoms with Crippen molar-refractivity contribution in [2.45, 2.75) is 32.9 Å². The second-order valence-corrected chi connectivity index (χ2v) is 8.24. The van der Waals surface area contributed by atoms with Gasteiger partial charge >= 0.3 is 0 Å². The molecule has 0 aliphatic carbocycles. The first-order valence-corrected chi connectivity index (χ1v) is 11.0. The van der Waals surface area contributed by atoms with E-state index in [0.717, 1.165) is 43.5 Å². The van der Waals surface area contributed by atoms with Gasteiger partial charge < -0.3 is 15.4 Å². The largest absolute Gasteiger partial charge is 0.496 e. The molecule has 1 saturated heterocycles. The molecule has 1 aliphatic heterocycles.